The molecule has 1 heterocycles. The number of aromatic nitrogens is 2. The van der Waals surface area contributed by atoms with E-state index in [1.54, 1.807) is 0 Å². The molecule has 0 aliphatic heterocycles. The van der Waals surface area contributed by atoms with E-state index in [0.717, 1.165) is 17.3 Å². The largest absolute Gasteiger partial charge is 0.353 e. The minimum atomic E-state index is 0.375. The number of benzene rings is 1. The van der Waals surface area contributed by atoms with Gasteiger partial charge in [-0.25, -0.2) is 4.98 Å². The lowest BCUT2D eigenvalue weighted by Gasteiger charge is -2.12. The van der Waals surface area contributed by atoms with Crippen molar-refractivity contribution in [3.8, 4) is 5.69 Å². The molecular formula is C14H19N3. The first kappa shape index (κ1) is 11.7. The van der Waals surface area contributed by atoms with Crippen molar-refractivity contribution in [1.82, 2.24) is 9.55 Å². The summed E-state index contributed by atoms with van der Waals surface area (Å²) >= 11 is 0. The maximum atomic E-state index is 4.51. The summed E-state index contributed by atoms with van der Waals surface area (Å²) in [7, 11) is 0. The summed E-state index contributed by atoms with van der Waals surface area (Å²) in [5.74, 6) is 0.906. The highest BCUT2D eigenvalue weighted by Crippen LogP contribution is 2.18. The van der Waals surface area contributed by atoms with Crippen LogP contribution in [-0.2, 0) is 0 Å². The number of hydrogen-bond acceptors (Lipinski definition) is 2. The molecule has 3 heteroatoms. The Hall–Kier alpha value is -1.77. The molecule has 17 heavy (non-hydrogen) atoms. The lowest BCUT2D eigenvalue weighted by atomic mass is 10.2. The van der Waals surface area contributed by atoms with Gasteiger partial charge in [-0.1, -0.05) is 12.1 Å². The van der Waals surface area contributed by atoms with Crippen molar-refractivity contribution in [2.24, 2.45) is 0 Å². The minimum absolute atomic E-state index is 0.375. The zero-order valence-corrected chi connectivity index (χ0v) is 10.9. The van der Waals surface area contributed by atoms with Crippen LogP contribution < -0.4 is 5.32 Å². The summed E-state index contributed by atoms with van der Waals surface area (Å²) in [6.07, 6.45) is 2.06. The standard InChI is InChI=1S/C14H19N3/c1-10(2)15-14-16-12(4)9-17(14)13-7-5-6-11(3)8-13/h5-10H,1-4H3,(H,15,16). The van der Waals surface area contributed by atoms with Crippen molar-refractivity contribution >= 4 is 5.95 Å². The first-order valence-electron chi connectivity index (χ1n) is 5.96. The summed E-state index contributed by atoms with van der Waals surface area (Å²) in [5.41, 5.74) is 3.42. The van der Waals surface area contributed by atoms with Gasteiger partial charge in [0.15, 0.2) is 0 Å². The fourth-order valence-electron chi connectivity index (χ4n) is 1.83. The van der Waals surface area contributed by atoms with Crippen molar-refractivity contribution in [2.45, 2.75) is 33.7 Å². The summed E-state index contributed by atoms with van der Waals surface area (Å²) in [5, 5.41) is 3.36. The average molecular weight is 229 g/mol. The van der Waals surface area contributed by atoms with E-state index in [9.17, 15) is 0 Å². The van der Waals surface area contributed by atoms with Crippen molar-refractivity contribution in [1.29, 1.82) is 0 Å². The summed E-state index contributed by atoms with van der Waals surface area (Å²) in [4.78, 5) is 4.51. The quantitative estimate of drug-likeness (QED) is 0.875. The van der Waals surface area contributed by atoms with Crippen LogP contribution in [0.15, 0.2) is 30.5 Å². The number of rotatable bonds is 3. The van der Waals surface area contributed by atoms with Gasteiger partial charge >= 0.3 is 0 Å². The Kier molecular flexibility index (Phi) is 3.18. The van der Waals surface area contributed by atoms with Crippen LogP contribution in [0.4, 0.5) is 5.95 Å². The molecule has 0 unspecified atom stereocenters. The second kappa shape index (κ2) is 4.62. The summed E-state index contributed by atoms with van der Waals surface area (Å²) in [6.45, 7) is 8.34. The molecule has 1 aromatic carbocycles. The monoisotopic (exact) mass is 229 g/mol. The number of nitrogens with zero attached hydrogens (tertiary/aromatic N) is 2. The molecule has 0 atom stereocenters. The molecular weight excluding hydrogens is 210 g/mol. The Morgan fingerprint density at radius 3 is 2.65 bits per heavy atom. The zero-order chi connectivity index (χ0) is 12.4. The molecule has 0 aliphatic carbocycles. The highest BCUT2D eigenvalue weighted by molar-refractivity contribution is 5.44. The van der Waals surface area contributed by atoms with Gasteiger partial charge in [0.2, 0.25) is 5.95 Å². The van der Waals surface area contributed by atoms with E-state index in [-0.39, 0.29) is 0 Å². The molecule has 0 saturated heterocycles. The molecule has 0 amide bonds. The second-order valence-electron chi connectivity index (χ2n) is 4.71. The van der Waals surface area contributed by atoms with Gasteiger partial charge in [-0.3, -0.25) is 4.57 Å². The summed E-state index contributed by atoms with van der Waals surface area (Å²) in [6, 6.07) is 8.80. The molecule has 0 radical (unpaired) electrons. The minimum Gasteiger partial charge on any atom is -0.353 e. The van der Waals surface area contributed by atoms with E-state index >= 15 is 0 Å². The van der Waals surface area contributed by atoms with E-state index in [0.29, 0.717) is 6.04 Å². The van der Waals surface area contributed by atoms with Crippen LogP contribution in [0.2, 0.25) is 0 Å². The van der Waals surface area contributed by atoms with Gasteiger partial charge < -0.3 is 5.32 Å². The zero-order valence-electron chi connectivity index (χ0n) is 10.9. The van der Waals surface area contributed by atoms with Crippen molar-refractivity contribution < 1.29 is 0 Å². The van der Waals surface area contributed by atoms with Gasteiger partial charge in [-0.2, -0.15) is 0 Å². The van der Waals surface area contributed by atoms with Crippen LogP contribution in [0, 0.1) is 13.8 Å². The van der Waals surface area contributed by atoms with Gasteiger partial charge in [0, 0.05) is 17.9 Å². The highest BCUT2D eigenvalue weighted by atomic mass is 15.2. The molecule has 0 spiro atoms. The predicted molar refractivity (Wildman–Crippen MR) is 71.8 cm³/mol. The highest BCUT2D eigenvalue weighted by Gasteiger charge is 2.08. The SMILES string of the molecule is Cc1cccc(-n2cc(C)nc2NC(C)C)c1. The fourth-order valence-corrected chi connectivity index (χ4v) is 1.83. The van der Waals surface area contributed by atoms with E-state index in [4.69, 9.17) is 0 Å². The first-order valence-corrected chi connectivity index (χ1v) is 5.96. The molecule has 3 nitrogen and oxygen atoms in total. The van der Waals surface area contributed by atoms with Crippen LogP contribution in [0.3, 0.4) is 0 Å². The normalized spacial score (nSPS) is 10.9. The Balaban J connectivity index is 2.44. The van der Waals surface area contributed by atoms with Crippen molar-refractivity contribution in [2.75, 3.05) is 5.32 Å². The average Bonchev–Trinajstić information content (AvgIpc) is 2.58. The van der Waals surface area contributed by atoms with Gasteiger partial charge in [-0.15, -0.1) is 0 Å². The molecule has 90 valence electrons. The Labute approximate surface area is 103 Å². The first-order chi connectivity index (χ1) is 8.06. The van der Waals surface area contributed by atoms with E-state index in [1.165, 1.54) is 5.56 Å². The lowest BCUT2D eigenvalue weighted by Crippen LogP contribution is -2.13. The van der Waals surface area contributed by atoms with Crippen LogP contribution in [-0.4, -0.2) is 15.6 Å². The van der Waals surface area contributed by atoms with Gasteiger partial charge in [0.25, 0.3) is 0 Å². The molecule has 0 bridgehead atoms. The number of imidazole rings is 1. The van der Waals surface area contributed by atoms with Crippen LogP contribution >= 0.6 is 0 Å². The molecule has 2 rings (SSSR count). The number of hydrogen-bond donors (Lipinski definition) is 1. The summed E-state index contributed by atoms with van der Waals surface area (Å²) < 4.78 is 2.10. The van der Waals surface area contributed by atoms with Gasteiger partial charge in [-0.05, 0) is 45.4 Å². The molecule has 1 aromatic heterocycles. The van der Waals surface area contributed by atoms with Crippen molar-refractivity contribution in [3.63, 3.8) is 0 Å². The second-order valence-corrected chi connectivity index (χ2v) is 4.71. The lowest BCUT2D eigenvalue weighted by molar-refractivity contribution is 0.863. The van der Waals surface area contributed by atoms with Crippen LogP contribution in [0.5, 0.6) is 0 Å². The van der Waals surface area contributed by atoms with Gasteiger partial charge in [0.05, 0.1) is 5.69 Å². The molecule has 1 N–H and O–H groups in total. The number of aryl methyl sites for hydroxylation is 2. The van der Waals surface area contributed by atoms with E-state index in [1.807, 2.05) is 6.92 Å². The van der Waals surface area contributed by atoms with Gasteiger partial charge in [0.1, 0.15) is 0 Å². The predicted octanol–water partition coefficient (Wildman–Crippen LogP) is 3.31. The van der Waals surface area contributed by atoms with E-state index < -0.39 is 0 Å². The van der Waals surface area contributed by atoms with E-state index in [2.05, 4.69) is 66.1 Å². The third-order valence-corrected chi connectivity index (χ3v) is 2.52. The third-order valence-electron chi connectivity index (χ3n) is 2.52. The maximum Gasteiger partial charge on any atom is 0.207 e. The van der Waals surface area contributed by atoms with Crippen molar-refractivity contribution in [3.05, 3.63) is 41.7 Å². The molecule has 0 aliphatic rings. The Bertz CT molecular complexity index is 512. The number of anilines is 1. The molecule has 2 aromatic rings. The number of nitrogens with one attached hydrogen (secondary N) is 1. The molecule has 0 saturated carbocycles. The van der Waals surface area contributed by atoms with Crippen LogP contribution in [0.1, 0.15) is 25.1 Å². The topological polar surface area (TPSA) is 29.9 Å². The smallest absolute Gasteiger partial charge is 0.207 e. The third kappa shape index (κ3) is 2.67. The Morgan fingerprint density at radius 2 is 2.00 bits per heavy atom. The fraction of sp³-hybridized carbons (Fsp3) is 0.357. The van der Waals surface area contributed by atoms with Crippen LogP contribution in [0.25, 0.3) is 5.69 Å². The Morgan fingerprint density at radius 1 is 1.24 bits per heavy atom. The maximum absolute atomic E-state index is 4.51. The molecule has 0 fully saturated rings.